The fraction of sp³-hybridized carbons (Fsp3) is 0. The average molecular weight is 158 g/mol. The van der Waals surface area contributed by atoms with Crippen LogP contribution in [-0.2, 0) is 16.3 Å². The molecule has 0 atom stereocenters. The second kappa shape index (κ2) is 7.02. The van der Waals surface area contributed by atoms with Crippen LogP contribution >= 0.6 is 11.9 Å². The monoisotopic (exact) mass is 158 g/mol. The molecule has 0 radical (unpaired) electrons. The molecule has 0 saturated carbocycles. The largest absolute Gasteiger partial charge is 0.452 e. The first-order valence-electron chi connectivity index (χ1n) is 1.65. The molecule has 0 N–H and O–H groups in total. The molecule has 0 aliphatic rings. The molecule has 0 aromatic rings. The van der Waals surface area contributed by atoms with Crippen LogP contribution in [0, 0.1) is 10.7 Å². The predicted octanol–water partition coefficient (Wildman–Crippen LogP) is 0.354. The molecule has 0 aromatic heterocycles. The lowest BCUT2D eigenvalue weighted by Crippen LogP contribution is -1.53. The molecule has 44 valence electrons. The third-order valence-electron chi connectivity index (χ3n) is 0.247. The van der Waals surface area contributed by atoms with Gasteiger partial charge in [0, 0.05) is 0 Å². The highest BCUT2D eigenvalue weighted by atomic mass is 32.2. The Labute approximate surface area is 59.5 Å². The zero-order valence-corrected chi connectivity index (χ0v) is 5.70. The van der Waals surface area contributed by atoms with Crippen LogP contribution < -0.4 is 0 Å². The van der Waals surface area contributed by atoms with Crippen molar-refractivity contribution in [2.45, 2.75) is 0 Å². The van der Waals surface area contributed by atoms with Gasteiger partial charge in [-0.25, -0.2) is 4.79 Å². The van der Waals surface area contributed by atoms with Gasteiger partial charge < -0.3 is 0 Å². The highest BCUT2D eigenvalue weighted by Gasteiger charge is 1.80. The molecule has 0 aliphatic heterocycles. The molecular weight excluding hydrogens is 158 g/mol. The Morgan fingerprint density at radius 1 is 1.67 bits per heavy atom. The number of carbonyl (C=O) groups excluding carboxylic acids is 1. The maximum atomic E-state index is 9.37. The molecule has 9 heavy (non-hydrogen) atoms. The van der Waals surface area contributed by atoms with Crippen LogP contribution in [0.2, 0.25) is 0 Å². The maximum absolute atomic E-state index is 9.37. The maximum Gasteiger partial charge on any atom is 0.452 e. The molecule has 0 aromatic carbocycles. The van der Waals surface area contributed by atoms with Crippen LogP contribution in [0.1, 0.15) is 0 Å². The van der Waals surface area contributed by atoms with Gasteiger partial charge in [-0.3, -0.25) is 0 Å². The fourth-order valence-electron chi connectivity index (χ4n) is 0.0948. The normalized spacial score (nSPS) is 5.67. The number of thiocyanates is 1. The minimum Gasteiger partial charge on any atom is -0.206 e. The van der Waals surface area contributed by atoms with Crippen molar-refractivity contribution in [3.63, 3.8) is 0 Å². The minimum atomic E-state index is 0.667. The van der Waals surface area contributed by atoms with E-state index in [0.717, 1.165) is 0 Å². The van der Waals surface area contributed by atoms with E-state index >= 15 is 0 Å². The molecule has 0 fully saturated rings. The van der Waals surface area contributed by atoms with E-state index in [-0.39, 0.29) is 0 Å². The van der Waals surface area contributed by atoms with Gasteiger partial charge >= 0.3 is 22.8 Å². The number of rotatable bonds is 2. The molecule has 0 aliphatic carbocycles. The first kappa shape index (κ1) is 8.02. The molecule has 0 unspecified atom stereocenters. The van der Waals surface area contributed by atoms with E-state index in [0.29, 0.717) is 23.5 Å². The molecule has 0 amide bonds. The third kappa shape index (κ3) is 7.02. The molecule has 0 spiro atoms. The molecular formula is C3N3OS2+. The quantitative estimate of drug-likeness (QED) is 0.145. The summed E-state index contributed by atoms with van der Waals surface area (Å²) >= 11 is 1.37. The van der Waals surface area contributed by atoms with Crippen molar-refractivity contribution in [3.8, 4) is 5.40 Å². The van der Waals surface area contributed by atoms with E-state index in [2.05, 4.69) is 14.0 Å². The Morgan fingerprint density at radius 2 is 2.44 bits per heavy atom. The van der Waals surface area contributed by atoms with Gasteiger partial charge in [-0.15, -0.1) is 0 Å². The van der Waals surface area contributed by atoms with E-state index < -0.39 is 0 Å². The summed E-state index contributed by atoms with van der Waals surface area (Å²) in [4.78, 5) is 9.37. The molecule has 4 nitrogen and oxygen atoms in total. The number of hydrogen-bond donors (Lipinski definition) is 0. The Balaban J connectivity index is 3.70. The predicted molar refractivity (Wildman–Crippen MR) is 36.1 cm³/mol. The molecule has 0 bridgehead atoms. The van der Waals surface area contributed by atoms with Gasteiger partial charge in [0.2, 0.25) is 0 Å². The summed E-state index contributed by atoms with van der Waals surface area (Å²) in [7, 11) is 0. The highest BCUT2D eigenvalue weighted by Crippen LogP contribution is 1.92. The SMILES string of the molecule is N#CSN=C=[S+]N=C=O. The lowest BCUT2D eigenvalue weighted by molar-refractivity contribution is 0.566. The third-order valence-corrected chi connectivity index (χ3v) is 0.966. The molecule has 0 heterocycles. The highest BCUT2D eigenvalue weighted by molar-refractivity contribution is 8.02. The number of hydrogen-bond acceptors (Lipinski definition) is 5. The number of isothiocyanates is 1. The summed E-state index contributed by atoms with van der Waals surface area (Å²) in [5.41, 5.74) is 0. The Hall–Kier alpha value is -0.980. The van der Waals surface area contributed by atoms with Crippen LogP contribution in [0.4, 0.5) is 0 Å². The summed E-state index contributed by atoms with van der Waals surface area (Å²) < 4.78 is 6.35. The van der Waals surface area contributed by atoms with Gasteiger partial charge in [0.1, 0.15) is 16.3 Å². The summed E-state index contributed by atoms with van der Waals surface area (Å²) in [5.74, 6) is 0. The summed E-state index contributed by atoms with van der Waals surface area (Å²) in [6.07, 6.45) is 1.27. The first-order valence-corrected chi connectivity index (χ1v) is 3.20. The van der Waals surface area contributed by atoms with Gasteiger partial charge in [0.25, 0.3) is 0 Å². The summed E-state index contributed by atoms with van der Waals surface area (Å²) in [6.45, 7) is 0. The molecule has 0 saturated heterocycles. The second-order valence-electron chi connectivity index (χ2n) is 0.639. The Bertz CT molecular complexity index is 218. The zero-order chi connectivity index (χ0) is 6.95. The average Bonchev–Trinajstić information content (AvgIpc) is 1.89. The van der Waals surface area contributed by atoms with Crippen molar-refractivity contribution in [2.24, 2.45) is 8.80 Å². The zero-order valence-electron chi connectivity index (χ0n) is 4.07. The van der Waals surface area contributed by atoms with E-state index in [4.69, 9.17) is 5.26 Å². The summed E-state index contributed by atoms with van der Waals surface area (Å²) in [5, 5.41) is 11.8. The van der Waals surface area contributed by atoms with Crippen LogP contribution in [-0.4, -0.2) is 11.2 Å². The van der Waals surface area contributed by atoms with E-state index in [1.807, 2.05) is 0 Å². The molecule has 0 rings (SSSR count). The van der Waals surface area contributed by atoms with Gasteiger partial charge in [-0.05, 0) is 0 Å². The van der Waals surface area contributed by atoms with E-state index in [1.54, 1.807) is 5.40 Å². The number of nitrogens with zero attached hydrogens (tertiary/aromatic N) is 3. The van der Waals surface area contributed by atoms with Gasteiger partial charge in [0.15, 0.2) is 5.40 Å². The smallest absolute Gasteiger partial charge is 0.206 e. The minimum absolute atomic E-state index is 0.667. The first-order chi connectivity index (χ1) is 4.41. The van der Waals surface area contributed by atoms with Crippen LogP contribution in [0.3, 0.4) is 0 Å². The second-order valence-corrected chi connectivity index (χ2v) is 1.73. The van der Waals surface area contributed by atoms with Gasteiger partial charge in [0.05, 0.1) is 0 Å². The van der Waals surface area contributed by atoms with Crippen molar-refractivity contribution in [1.29, 1.82) is 5.26 Å². The molecule has 6 heteroatoms. The van der Waals surface area contributed by atoms with Crippen LogP contribution in [0.5, 0.6) is 0 Å². The topological polar surface area (TPSA) is 65.6 Å². The van der Waals surface area contributed by atoms with Crippen molar-refractivity contribution >= 4 is 34.7 Å². The lowest BCUT2D eigenvalue weighted by atomic mass is 11.7. The van der Waals surface area contributed by atoms with Crippen molar-refractivity contribution in [2.75, 3.05) is 0 Å². The van der Waals surface area contributed by atoms with Crippen molar-refractivity contribution < 1.29 is 4.79 Å². The van der Waals surface area contributed by atoms with Gasteiger partial charge in [-0.1, -0.05) is 4.40 Å². The summed E-state index contributed by atoms with van der Waals surface area (Å²) in [6, 6.07) is 0. The van der Waals surface area contributed by atoms with Gasteiger partial charge in [-0.2, -0.15) is 5.26 Å². The van der Waals surface area contributed by atoms with Crippen molar-refractivity contribution in [3.05, 3.63) is 0 Å². The Morgan fingerprint density at radius 3 is 3.00 bits per heavy atom. The number of nitriles is 1. The van der Waals surface area contributed by atoms with E-state index in [9.17, 15) is 4.79 Å². The Kier molecular flexibility index (Phi) is 6.26. The van der Waals surface area contributed by atoms with E-state index in [1.165, 1.54) is 6.08 Å². The van der Waals surface area contributed by atoms with Crippen LogP contribution in [0.15, 0.2) is 8.80 Å². The lowest BCUT2D eigenvalue weighted by Gasteiger charge is -1.52. The van der Waals surface area contributed by atoms with Crippen LogP contribution in [0.25, 0.3) is 0 Å². The standard InChI is InChI=1S/C3N3OS2/c4-1-8-6-3-9-5-2-7/q+1. The fourth-order valence-corrected chi connectivity index (χ4v) is 0.496. The number of isocyanates is 1. The van der Waals surface area contributed by atoms with Crippen molar-refractivity contribution in [1.82, 2.24) is 0 Å².